The van der Waals surface area contributed by atoms with Gasteiger partial charge in [-0.3, -0.25) is 4.79 Å². The fraction of sp³-hybridized carbons (Fsp3) is 0.500. The monoisotopic (exact) mass is 272 g/mol. The number of aliphatic hydroxyl groups is 1. The molecule has 1 amide bonds. The topological polar surface area (TPSA) is 73.1 Å². The van der Waals surface area contributed by atoms with Gasteiger partial charge in [0.25, 0.3) is 0 Å². The molecule has 20 heavy (non-hydrogen) atoms. The predicted octanol–water partition coefficient (Wildman–Crippen LogP) is 1.65. The first kappa shape index (κ1) is 14.5. The number of carbonyl (C=O) groups is 1. The molecule has 0 bridgehead atoms. The molecule has 0 heterocycles. The van der Waals surface area contributed by atoms with Crippen LogP contribution >= 0.6 is 0 Å². The minimum atomic E-state index is -0.885. The predicted molar refractivity (Wildman–Crippen MR) is 75.6 cm³/mol. The fourth-order valence-electron chi connectivity index (χ4n) is 2.84. The van der Waals surface area contributed by atoms with E-state index in [0.717, 1.165) is 5.56 Å². The number of aliphatic hydroxyl groups excluding tert-OH is 1. The van der Waals surface area contributed by atoms with E-state index in [9.17, 15) is 15.2 Å². The summed E-state index contributed by atoms with van der Waals surface area (Å²) < 4.78 is 0. The zero-order valence-electron chi connectivity index (χ0n) is 11.7. The summed E-state index contributed by atoms with van der Waals surface area (Å²) in [6.45, 7) is 1.91. The molecule has 1 aromatic rings. The van der Waals surface area contributed by atoms with E-state index in [1.165, 1.54) is 0 Å². The first-order valence-electron chi connectivity index (χ1n) is 6.96. The second kappa shape index (κ2) is 6.06. The lowest BCUT2D eigenvalue weighted by Gasteiger charge is -2.40. The molecule has 2 rings (SSSR count). The van der Waals surface area contributed by atoms with Crippen molar-refractivity contribution < 1.29 is 9.90 Å². The number of nitrogens with one attached hydrogen (secondary N) is 1. The van der Waals surface area contributed by atoms with Crippen LogP contribution in [0.25, 0.3) is 0 Å². The molecule has 0 aliphatic heterocycles. The normalized spacial score (nSPS) is 26.1. The van der Waals surface area contributed by atoms with Crippen molar-refractivity contribution in [3.05, 3.63) is 35.9 Å². The van der Waals surface area contributed by atoms with E-state index in [0.29, 0.717) is 25.2 Å². The van der Waals surface area contributed by atoms with E-state index in [1.54, 1.807) is 0 Å². The van der Waals surface area contributed by atoms with Gasteiger partial charge >= 0.3 is 0 Å². The molecule has 0 radical (unpaired) electrons. The van der Waals surface area contributed by atoms with Gasteiger partial charge < -0.3 is 10.4 Å². The minimum Gasteiger partial charge on any atom is -0.394 e. The van der Waals surface area contributed by atoms with Crippen molar-refractivity contribution >= 4 is 5.91 Å². The van der Waals surface area contributed by atoms with Crippen molar-refractivity contribution in [2.75, 3.05) is 6.61 Å². The average Bonchev–Trinajstić information content (AvgIpc) is 2.43. The molecule has 4 nitrogen and oxygen atoms in total. The number of benzene rings is 1. The maximum Gasteiger partial charge on any atom is 0.240 e. The number of nitrogens with zero attached hydrogens (tertiary/aromatic N) is 1. The Hall–Kier alpha value is -1.86. The number of amides is 1. The van der Waals surface area contributed by atoms with Crippen LogP contribution in [0, 0.1) is 22.7 Å². The molecule has 106 valence electrons. The zero-order valence-corrected chi connectivity index (χ0v) is 11.7. The molecular formula is C16H20N2O2. The summed E-state index contributed by atoms with van der Waals surface area (Å²) in [6.07, 6.45) is 1.79. The van der Waals surface area contributed by atoms with Crippen molar-refractivity contribution in [2.45, 2.75) is 32.2 Å². The van der Waals surface area contributed by atoms with Crippen LogP contribution in [0.5, 0.6) is 0 Å². The Balaban J connectivity index is 1.97. The van der Waals surface area contributed by atoms with Gasteiger partial charge in [0, 0.05) is 0 Å². The maximum absolute atomic E-state index is 12.2. The summed E-state index contributed by atoms with van der Waals surface area (Å²) in [7, 11) is 0. The number of hydrogen-bond acceptors (Lipinski definition) is 3. The Labute approximate surface area is 119 Å². The largest absolute Gasteiger partial charge is 0.394 e. The van der Waals surface area contributed by atoms with Crippen LogP contribution in [0.15, 0.2) is 30.3 Å². The van der Waals surface area contributed by atoms with Gasteiger partial charge in [0.2, 0.25) is 5.91 Å². The van der Waals surface area contributed by atoms with Crippen LogP contribution in [0.2, 0.25) is 0 Å². The number of hydrogen-bond donors (Lipinski definition) is 2. The van der Waals surface area contributed by atoms with Gasteiger partial charge in [-0.25, -0.2) is 0 Å². The van der Waals surface area contributed by atoms with Crippen LogP contribution in [0.1, 0.15) is 25.3 Å². The van der Waals surface area contributed by atoms with Crippen molar-refractivity contribution in [3.8, 4) is 6.07 Å². The van der Waals surface area contributed by atoms with Gasteiger partial charge in [0.15, 0.2) is 0 Å². The molecule has 1 saturated carbocycles. The standard InChI is InChI=1S/C16H20N2O2/c1-12-8-16(9-12,11-17)15(20)18-14(10-19)7-13-5-3-2-4-6-13/h2-6,12,14,19H,7-10H2,1H3,(H,18,20). The maximum atomic E-state index is 12.2. The summed E-state index contributed by atoms with van der Waals surface area (Å²) in [4.78, 5) is 12.2. The third-order valence-electron chi connectivity index (χ3n) is 3.92. The van der Waals surface area contributed by atoms with Crippen LogP contribution in [0.3, 0.4) is 0 Å². The third kappa shape index (κ3) is 3.00. The first-order chi connectivity index (χ1) is 9.59. The Morgan fingerprint density at radius 1 is 1.50 bits per heavy atom. The van der Waals surface area contributed by atoms with Crippen LogP contribution in [-0.4, -0.2) is 23.7 Å². The highest BCUT2D eigenvalue weighted by Gasteiger charge is 2.49. The second-order valence-corrected chi connectivity index (χ2v) is 5.75. The van der Waals surface area contributed by atoms with Crippen LogP contribution in [0.4, 0.5) is 0 Å². The number of carbonyl (C=O) groups excluding carboxylic acids is 1. The summed E-state index contributed by atoms with van der Waals surface area (Å²) >= 11 is 0. The number of nitriles is 1. The molecule has 1 fully saturated rings. The summed E-state index contributed by atoms with van der Waals surface area (Å²) in [5.74, 6) is 0.176. The van der Waals surface area contributed by atoms with E-state index in [1.807, 2.05) is 37.3 Å². The Morgan fingerprint density at radius 2 is 2.15 bits per heavy atom. The van der Waals surface area contributed by atoms with E-state index >= 15 is 0 Å². The van der Waals surface area contributed by atoms with Gasteiger partial charge in [-0.1, -0.05) is 37.3 Å². The lowest BCUT2D eigenvalue weighted by molar-refractivity contribution is -0.135. The highest BCUT2D eigenvalue weighted by atomic mass is 16.3. The summed E-state index contributed by atoms with van der Waals surface area (Å²) in [5.41, 5.74) is 0.170. The van der Waals surface area contributed by atoms with Crippen molar-refractivity contribution in [1.82, 2.24) is 5.32 Å². The molecule has 1 atom stereocenters. The molecule has 1 unspecified atom stereocenters. The van der Waals surface area contributed by atoms with Crippen LogP contribution in [-0.2, 0) is 11.2 Å². The molecule has 0 saturated heterocycles. The molecule has 0 spiro atoms. The minimum absolute atomic E-state index is 0.127. The quantitative estimate of drug-likeness (QED) is 0.856. The molecule has 1 aliphatic carbocycles. The smallest absolute Gasteiger partial charge is 0.240 e. The van der Waals surface area contributed by atoms with Gasteiger partial charge in [-0.2, -0.15) is 5.26 Å². The Bertz CT molecular complexity index is 501. The summed E-state index contributed by atoms with van der Waals surface area (Å²) in [6, 6.07) is 11.5. The lowest BCUT2D eigenvalue weighted by atomic mass is 9.63. The molecule has 4 heteroatoms. The Morgan fingerprint density at radius 3 is 2.65 bits per heavy atom. The molecule has 0 aromatic heterocycles. The molecule has 1 aromatic carbocycles. The van der Waals surface area contributed by atoms with Gasteiger partial charge in [-0.15, -0.1) is 0 Å². The van der Waals surface area contributed by atoms with Gasteiger partial charge in [0.05, 0.1) is 18.7 Å². The molecule has 2 N–H and O–H groups in total. The van der Waals surface area contributed by atoms with Crippen molar-refractivity contribution in [2.24, 2.45) is 11.3 Å². The van der Waals surface area contributed by atoms with Crippen molar-refractivity contribution in [1.29, 1.82) is 5.26 Å². The summed E-state index contributed by atoms with van der Waals surface area (Å²) in [5, 5.41) is 21.5. The molecule has 1 aliphatic rings. The SMILES string of the molecule is CC1CC(C#N)(C(=O)NC(CO)Cc2ccccc2)C1. The first-order valence-corrected chi connectivity index (χ1v) is 6.96. The van der Waals surface area contributed by atoms with E-state index < -0.39 is 5.41 Å². The fourth-order valence-corrected chi connectivity index (χ4v) is 2.84. The highest BCUT2D eigenvalue weighted by molar-refractivity contribution is 5.86. The zero-order chi connectivity index (χ0) is 14.6. The lowest BCUT2D eigenvalue weighted by Crippen LogP contribution is -2.52. The van der Waals surface area contributed by atoms with Gasteiger partial charge in [-0.05, 0) is 30.7 Å². The van der Waals surface area contributed by atoms with Crippen molar-refractivity contribution in [3.63, 3.8) is 0 Å². The van der Waals surface area contributed by atoms with E-state index in [4.69, 9.17) is 0 Å². The van der Waals surface area contributed by atoms with Crippen LogP contribution < -0.4 is 5.32 Å². The second-order valence-electron chi connectivity index (χ2n) is 5.75. The van der Waals surface area contributed by atoms with Gasteiger partial charge in [0.1, 0.15) is 5.41 Å². The van der Waals surface area contributed by atoms with E-state index in [2.05, 4.69) is 11.4 Å². The third-order valence-corrected chi connectivity index (χ3v) is 3.92. The molecular weight excluding hydrogens is 252 g/mol. The average molecular weight is 272 g/mol. The van der Waals surface area contributed by atoms with E-state index in [-0.39, 0.29) is 18.6 Å². The highest BCUT2D eigenvalue weighted by Crippen LogP contribution is 2.45. The Kier molecular flexibility index (Phi) is 4.41. The number of rotatable bonds is 5.